The summed E-state index contributed by atoms with van der Waals surface area (Å²) in [5, 5.41) is 10.2. The second-order valence-electron chi connectivity index (χ2n) is 6.33. The molecular formula is C17H20FNO2. The van der Waals surface area contributed by atoms with Crippen LogP contribution in [0, 0.1) is 11.7 Å². The van der Waals surface area contributed by atoms with Crippen LogP contribution in [0.15, 0.2) is 18.2 Å². The van der Waals surface area contributed by atoms with Gasteiger partial charge in [0.2, 0.25) is 0 Å². The first-order valence-electron chi connectivity index (χ1n) is 7.46. The molecule has 0 fully saturated rings. The van der Waals surface area contributed by atoms with Gasteiger partial charge < -0.3 is 9.67 Å². The Morgan fingerprint density at radius 2 is 2.05 bits per heavy atom. The van der Waals surface area contributed by atoms with Crippen molar-refractivity contribution in [2.24, 2.45) is 5.92 Å². The van der Waals surface area contributed by atoms with E-state index in [1.165, 1.54) is 0 Å². The first kappa shape index (κ1) is 14.1. The largest absolute Gasteiger partial charge is 0.481 e. The van der Waals surface area contributed by atoms with Crippen LogP contribution < -0.4 is 0 Å². The van der Waals surface area contributed by atoms with E-state index in [9.17, 15) is 14.3 Å². The Morgan fingerprint density at radius 1 is 1.33 bits per heavy atom. The minimum absolute atomic E-state index is 0.0436. The minimum atomic E-state index is -0.775. The molecular weight excluding hydrogens is 269 g/mol. The molecule has 1 aliphatic rings. The highest BCUT2D eigenvalue weighted by molar-refractivity contribution is 5.86. The second-order valence-corrected chi connectivity index (χ2v) is 6.33. The van der Waals surface area contributed by atoms with Gasteiger partial charge in [0.05, 0.1) is 11.4 Å². The van der Waals surface area contributed by atoms with Gasteiger partial charge in [0.25, 0.3) is 0 Å². The number of hydrogen-bond acceptors (Lipinski definition) is 1. The van der Waals surface area contributed by atoms with E-state index in [1.54, 1.807) is 19.1 Å². The molecule has 0 radical (unpaired) electrons. The summed E-state index contributed by atoms with van der Waals surface area (Å²) in [6, 6.07) is 5.10. The van der Waals surface area contributed by atoms with Gasteiger partial charge in [0.15, 0.2) is 0 Å². The number of rotatable bonds is 3. The molecule has 2 atom stereocenters. The maximum Gasteiger partial charge on any atom is 0.308 e. The van der Waals surface area contributed by atoms with Crippen molar-refractivity contribution in [3.8, 4) is 0 Å². The zero-order chi connectivity index (χ0) is 15.3. The minimum Gasteiger partial charge on any atom is -0.481 e. The van der Waals surface area contributed by atoms with Crippen molar-refractivity contribution in [2.75, 3.05) is 0 Å². The summed E-state index contributed by atoms with van der Waals surface area (Å²) >= 11 is 0. The SMILES string of the molecule is CC(C)c1cc(F)cc2cc3n(c12)[C@@H](C(C)C(=O)O)CC3. The topological polar surface area (TPSA) is 42.2 Å². The Kier molecular flexibility index (Phi) is 3.27. The summed E-state index contributed by atoms with van der Waals surface area (Å²) in [5.41, 5.74) is 3.09. The fourth-order valence-corrected chi connectivity index (χ4v) is 3.50. The van der Waals surface area contributed by atoms with Gasteiger partial charge in [-0.2, -0.15) is 0 Å². The molecule has 3 rings (SSSR count). The van der Waals surface area contributed by atoms with Crippen molar-refractivity contribution in [1.29, 1.82) is 0 Å². The van der Waals surface area contributed by atoms with E-state index in [-0.39, 0.29) is 17.8 Å². The van der Waals surface area contributed by atoms with Crippen LogP contribution >= 0.6 is 0 Å². The number of nitrogens with zero attached hydrogens (tertiary/aromatic N) is 1. The summed E-state index contributed by atoms with van der Waals surface area (Å²) < 4.78 is 15.9. The normalized spacial score (nSPS) is 19.2. The van der Waals surface area contributed by atoms with Crippen LogP contribution in [0.25, 0.3) is 10.9 Å². The second kappa shape index (κ2) is 4.86. The highest BCUT2D eigenvalue weighted by Gasteiger charge is 2.33. The van der Waals surface area contributed by atoms with E-state index in [0.717, 1.165) is 35.0 Å². The Bertz CT molecular complexity index is 717. The molecule has 1 aliphatic heterocycles. The Hall–Kier alpha value is -1.84. The summed E-state index contributed by atoms with van der Waals surface area (Å²) in [4.78, 5) is 11.4. The molecule has 21 heavy (non-hydrogen) atoms. The molecule has 1 aromatic heterocycles. The zero-order valence-electron chi connectivity index (χ0n) is 12.6. The Labute approximate surface area is 123 Å². The molecule has 0 spiro atoms. The molecule has 0 bridgehead atoms. The van der Waals surface area contributed by atoms with Crippen molar-refractivity contribution in [3.05, 3.63) is 35.3 Å². The van der Waals surface area contributed by atoms with Crippen molar-refractivity contribution in [1.82, 2.24) is 4.57 Å². The van der Waals surface area contributed by atoms with E-state index in [0.29, 0.717) is 0 Å². The molecule has 0 saturated heterocycles. The predicted molar refractivity (Wildman–Crippen MR) is 80.1 cm³/mol. The molecule has 2 heterocycles. The molecule has 1 unspecified atom stereocenters. The van der Waals surface area contributed by atoms with Crippen molar-refractivity contribution in [3.63, 3.8) is 0 Å². The first-order valence-corrected chi connectivity index (χ1v) is 7.46. The number of carboxylic acid groups (broad SMARTS) is 1. The molecule has 0 saturated carbocycles. The maximum absolute atomic E-state index is 13.8. The fourth-order valence-electron chi connectivity index (χ4n) is 3.50. The highest BCUT2D eigenvalue weighted by Crippen LogP contribution is 2.40. The molecule has 4 heteroatoms. The number of carbonyl (C=O) groups is 1. The lowest BCUT2D eigenvalue weighted by molar-refractivity contribution is -0.142. The molecule has 1 N–H and O–H groups in total. The van der Waals surface area contributed by atoms with Crippen molar-refractivity contribution < 1.29 is 14.3 Å². The van der Waals surface area contributed by atoms with E-state index in [1.807, 2.05) is 19.9 Å². The standard InChI is InChI=1S/C17H20FNO2/c1-9(2)14-8-12(18)6-11-7-13-4-5-15(10(3)17(20)21)19(13)16(11)14/h6-10,15H,4-5H2,1-3H3,(H,20,21)/t10?,15-/m1/s1. The highest BCUT2D eigenvalue weighted by atomic mass is 19.1. The molecule has 0 amide bonds. The third-order valence-corrected chi connectivity index (χ3v) is 4.62. The number of halogens is 1. The van der Waals surface area contributed by atoms with Gasteiger partial charge in [0, 0.05) is 17.1 Å². The molecule has 112 valence electrons. The van der Waals surface area contributed by atoms with Crippen LogP contribution in [0.5, 0.6) is 0 Å². The summed E-state index contributed by atoms with van der Waals surface area (Å²) in [6.45, 7) is 5.84. The van der Waals surface area contributed by atoms with Gasteiger partial charge in [-0.25, -0.2) is 4.39 Å². The Balaban J connectivity index is 2.25. The number of hydrogen-bond donors (Lipinski definition) is 1. The van der Waals surface area contributed by atoms with Gasteiger partial charge in [-0.1, -0.05) is 13.8 Å². The van der Waals surface area contributed by atoms with Gasteiger partial charge in [-0.3, -0.25) is 4.79 Å². The molecule has 3 nitrogen and oxygen atoms in total. The average Bonchev–Trinajstić information content (AvgIpc) is 2.94. The molecule has 2 aromatic rings. The quantitative estimate of drug-likeness (QED) is 0.923. The lowest BCUT2D eigenvalue weighted by atomic mass is 9.96. The monoisotopic (exact) mass is 289 g/mol. The van der Waals surface area contributed by atoms with Crippen molar-refractivity contribution in [2.45, 2.75) is 45.6 Å². The smallest absolute Gasteiger partial charge is 0.308 e. The fraction of sp³-hybridized carbons (Fsp3) is 0.471. The van der Waals surface area contributed by atoms with E-state index < -0.39 is 11.9 Å². The third-order valence-electron chi connectivity index (χ3n) is 4.62. The number of benzene rings is 1. The predicted octanol–water partition coefficient (Wildman–Crippen LogP) is 4.11. The van der Waals surface area contributed by atoms with Crippen LogP contribution in [0.1, 0.15) is 50.4 Å². The van der Waals surface area contributed by atoms with Crippen LogP contribution in [0.2, 0.25) is 0 Å². The lowest BCUT2D eigenvalue weighted by Crippen LogP contribution is -2.21. The van der Waals surface area contributed by atoms with Gasteiger partial charge in [-0.15, -0.1) is 0 Å². The molecule has 0 aliphatic carbocycles. The number of carboxylic acids is 1. The van der Waals surface area contributed by atoms with Crippen LogP contribution in [0.4, 0.5) is 4.39 Å². The average molecular weight is 289 g/mol. The van der Waals surface area contributed by atoms with E-state index in [4.69, 9.17) is 0 Å². The first-order chi connectivity index (χ1) is 9.90. The van der Waals surface area contributed by atoms with Gasteiger partial charge in [0.1, 0.15) is 5.82 Å². The van der Waals surface area contributed by atoms with Crippen LogP contribution in [-0.2, 0) is 11.2 Å². The van der Waals surface area contributed by atoms with Crippen molar-refractivity contribution >= 4 is 16.9 Å². The zero-order valence-corrected chi connectivity index (χ0v) is 12.6. The van der Waals surface area contributed by atoms with Crippen LogP contribution in [0.3, 0.4) is 0 Å². The Morgan fingerprint density at radius 3 is 2.67 bits per heavy atom. The van der Waals surface area contributed by atoms with E-state index in [2.05, 4.69) is 4.57 Å². The molecule has 1 aromatic carbocycles. The number of aromatic nitrogens is 1. The van der Waals surface area contributed by atoms with E-state index >= 15 is 0 Å². The van der Waals surface area contributed by atoms with Gasteiger partial charge in [-0.05, 0) is 49.4 Å². The number of aliphatic carboxylic acids is 1. The lowest BCUT2D eigenvalue weighted by Gasteiger charge is -2.21. The summed E-state index contributed by atoms with van der Waals surface area (Å²) in [7, 11) is 0. The number of aryl methyl sites for hydroxylation is 1. The number of fused-ring (bicyclic) bond motifs is 3. The third kappa shape index (κ3) is 2.13. The van der Waals surface area contributed by atoms with Gasteiger partial charge >= 0.3 is 5.97 Å². The van der Waals surface area contributed by atoms with Crippen LogP contribution in [-0.4, -0.2) is 15.6 Å². The summed E-state index contributed by atoms with van der Waals surface area (Å²) in [6.07, 6.45) is 1.70. The summed E-state index contributed by atoms with van der Waals surface area (Å²) in [5.74, 6) is -1.24. The maximum atomic E-state index is 13.8.